The van der Waals surface area contributed by atoms with Crippen LogP contribution in [0.25, 0.3) is 0 Å². The number of carbonyl (C=O) groups is 1. The molecule has 0 saturated carbocycles. The van der Waals surface area contributed by atoms with E-state index in [0.717, 1.165) is 43.4 Å². The Kier molecular flexibility index (Phi) is 7.94. The second-order valence-corrected chi connectivity index (χ2v) is 7.86. The molecular formula is C24H33N3O2. The number of methoxy groups -OCH3 is 1. The summed E-state index contributed by atoms with van der Waals surface area (Å²) in [5, 5.41) is 6.33. The molecular weight excluding hydrogens is 362 g/mol. The van der Waals surface area contributed by atoms with Crippen LogP contribution < -0.4 is 20.3 Å². The SMILES string of the molecule is COc1ccc(CCNCCC(=O)Nc2ccc(N3CCC(C)CC3)cc2)cc1. The van der Waals surface area contributed by atoms with Crippen molar-refractivity contribution in [3.63, 3.8) is 0 Å². The first-order chi connectivity index (χ1) is 14.1. The number of carbonyl (C=O) groups excluding carboxylic acids is 1. The molecule has 3 rings (SSSR count). The molecule has 1 aliphatic rings. The van der Waals surface area contributed by atoms with Crippen LogP contribution in [-0.4, -0.2) is 39.2 Å². The topological polar surface area (TPSA) is 53.6 Å². The third kappa shape index (κ3) is 6.79. The van der Waals surface area contributed by atoms with Gasteiger partial charge < -0.3 is 20.3 Å². The molecule has 0 aliphatic carbocycles. The van der Waals surface area contributed by atoms with Gasteiger partial charge in [-0.15, -0.1) is 0 Å². The van der Waals surface area contributed by atoms with E-state index in [1.54, 1.807) is 7.11 Å². The lowest BCUT2D eigenvalue weighted by Gasteiger charge is -2.32. The van der Waals surface area contributed by atoms with Gasteiger partial charge in [0.2, 0.25) is 5.91 Å². The molecule has 0 atom stereocenters. The lowest BCUT2D eigenvalue weighted by molar-refractivity contribution is -0.116. The number of rotatable bonds is 9. The van der Waals surface area contributed by atoms with Gasteiger partial charge in [-0.3, -0.25) is 4.79 Å². The Morgan fingerprint density at radius 2 is 1.72 bits per heavy atom. The first-order valence-corrected chi connectivity index (χ1v) is 10.6. The summed E-state index contributed by atoms with van der Waals surface area (Å²) < 4.78 is 5.17. The highest BCUT2D eigenvalue weighted by atomic mass is 16.5. The first-order valence-electron chi connectivity index (χ1n) is 10.6. The summed E-state index contributed by atoms with van der Waals surface area (Å²) in [6.45, 7) is 6.09. The van der Waals surface area contributed by atoms with Gasteiger partial charge in [0.25, 0.3) is 0 Å². The molecule has 2 aromatic carbocycles. The highest BCUT2D eigenvalue weighted by Crippen LogP contribution is 2.24. The minimum absolute atomic E-state index is 0.0431. The zero-order valence-electron chi connectivity index (χ0n) is 17.6. The molecule has 1 aliphatic heterocycles. The van der Waals surface area contributed by atoms with E-state index >= 15 is 0 Å². The minimum atomic E-state index is 0.0431. The Hall–Kier alpha value is -2.53. The van der Waals surface area contributed by atoms with E-state index < -0.39 is 0 Å². The molecule has 1 heterocycles. The quantitative estimate of drug-likeness (QED) is 0.628. The molecule has 2 aromatic rings. The standard InChI is InChI=1S/C24H33N3O2/c1-19-13-17-27(18-14-19)22-7-5-21(6-8-22)26-24(28)12-16-25-15-11-20-3-9-23(29-2)10-4-20/h3-10,19,25H,11-18H2,1-2H3,(H,26,28). The third-order valence-corrected chi connectivity index (χ3v) is 5.58. The summed E-state index contributed by atoms with van der Waals surface area (Å²) in [6.07, 6.45) is 3.91. The molecule has 2 N–H and O–H groups in total. The van der Waals surface area contributed by atoms with Gasteiger partial charge in [0.15, 0.2) is 0 Å². The first kappa shape index (κ1) is 21.2. The monoisotopic (exact) mass is 395 g/mol. The number of amides is 1. The van der Waals surface area contributed by atoms with Crippen LogP contribution in [0.2, 0.25) is 0 Å². The summed E-state index contributed by atoms with van der Waals surface area (Å²) in [5.41, 5.74) is 3.36. The number of hydrogen-bond acceptors (Lipinski definition) is 4. The highest BCUT2D eigenvalue weighted by molar-refractivity contribution is 5.91. The van der Waals surface area contributed by atoms with E-state index in [2.05, 4.69) is 46.7 Å². The van der Waals surface area contributed by atoms with Crippen molar-refractivity contribution in [2.24, 2.45) is 5.92 Å². The summed E-state index contributed by atoms with van der Waals surface area (Å²) >= 11 is 0. The van der Waals surface area contributed by atoms with Gasteiger partial charge in [0.1, 0.15) is 5.75 Å². The Morgan fingerprint density at radius 1 is 1.03 bits per heavy atom. The fraction of sp³-hybridized carbons (Fsp3) is 0.458. The minimum Gasteiger partial charge on any atom is -0.497 e. The molecule has 156 valence electrons. The smallest absolute Gasteiger partial charge is 0.225 e. The Morgan fingerprint density at radius 3 is 2.38 bits per heavy atom. The molecule has 29 heavy (non-hydrogen) atoms. The van der Waals surface area contributed by atoms with Crippen molar-refractivity contribution in [1.29, 1.82) is 0 Å². The van der Waals surface area contributed by atoms with Gasteiger partial charge in [-0.25, -0.2) is 0 Å². The number of piperidine rings is 1. The Bertz CT molecular complexity index is 751. The van der Waals surface area contributed by atoms with Crippen molar-refractivity contribution in [3.05, 3.63) is 54.1 Å². The fourth-order valence-electron chi connectivity index (χ4n) is 3.60. The molecule has 0 radical (unpaired) electrons. The number of hydrogen-bond donors (Lipinski definition) is 2. The van der Waals surface area contributed by atoms with E-state index in [4.69, 9.17) is 4.74 Å². The largest absolute Gasteiger partial charge is 0.497 e. The van der Waals surface area contributed by atoms with Crippen molar-refractivity contribution in [3.8, 4) is 5.75 Å². The molecule has 0 spiro atoms. The number of nitrogens with zero attached hydrogens (tertiary/aromatic N) is 1. The van der Waals surface area contributed by atoms with Gasteiger partial charge in [0.05, 0.1) is 7.11 Å². The van der Waals surface area contributed by atoms with Crippen molar-refractivity contribution in [1.82, 2.24) is 5.32 Å². The summed E-state index contributed by atoms with van der Waals surface area (Å²) in [7, 11) is 1.67. The molecule has 1 fully saturated rings. The van der Waals surface area contributed by atoms with Gasteiger partial charge in [-0.1, -0.05) is 19.1 Å². The average molecular weight is 396 g/mol. The van der Waals surface area contributed by atoms with Crippen LogP contribution in [0.1, 0.15) is 31.7 Å². The van der Waals surface area contributed by atoms with Crippen LogP contribution in [0.4, 0.5) is 11.4 Å². The van der Waals surface area contributed by atoms with Crippen LogP contribution >= 0.6 is 0 Å². The second kappa shape index (κ2) is 10.9. The maximum atomic E-state index is 12.2. The van der Waals surface area contributed by atoms with E-state index in [9.17, 15) is 4.79 Å². The highest BCUT2D eigenvalue weighted by Gasteiger charge is 2.15. The van der Waals surface area contributed by atoms with Crippen LogP contribution in [0.3, 0.4) is 0 Å². The number of nitrogens with one attached hydrogen (secondary N) is 2. The third-order valence-electron chi connectivity index (χ3n) is 5.58. The normalized spacial score (nSPS) is 14.6. The lowest BCUT2D eigenvalue weighted by Crippen LogP contribution is -2.32. The van der Waals surface area contributed by atoms with Crippen molar-refractivity contribution in [2.45, 2.75) is 32.6 Å². The molecule has 1 saturated heterocycles. The van der Waals surface area contributed by atoms with Gasteiger partial charge in [-0.2, -0.15) is 0 Å². The lowest BCUT2D eigenvalue weighted by atomic mass is 9.99. The van der Waals surface area contributed by atoms with Crippen LogP contribution in [0, 0.1) is 5.92 Å². The molecule has 5 heteroatoms. The maximum Gasteiger partial charge on any atom is 0.225 e. The molecule has 0 bridgehead atoms. The van der Waals surface area contributed by atoms with Crippen molar-refractivity contribution < 1.29 is 9.53 Å². The predicted octanol–water partition coefficient (Wildman–Crippen LogP) is 4.09. The van der Waals surface area contributed by atoms with Gasteiger partial charge in [-0.05, 0) is 73.7 Å². The molecule has 5 nitrogen and oxygen atoms in total. The number of benzene rings is 2. The van der Waals surface area contributed by atoms with E-state index in [-0.39, 0.29) is 5.91 Å². The maximum absolute atomic E-state index is 12.2. The molecule has 1 amide bonds. The predicted molar refractivity (Wildman–Crippen MR) is 120 cm³/mol. The summed E-state index contributed by atoms with van der Waals surface area (Å²) in [5.74, 6) is 1.74. The average Bonchev–Trinajstić information content (AvgIpc) is 2.75. The number of anilines is 2. The Balaban J connectivity index is 1.32. The number of ether oxygens (including phenoxy) is 1. The summed E-state index contributed by atoms with van der Waals surface area (Å²) in [4.78, 5) is 14.6. The zero-order chi connectivity index (χ0) is 20.5. The van der Waals surface area contributed by atoms with Gasteiger partial charge >= 0.3 is 0 Å². The van der Waals surface area contributed by atoms with Gasteiger partial charge in [0, 0.05) is 37.4 Å². The Labute approximate surface area is 174 Å². The summed E-state index contributed by atoms with van der Waals surface area (Å²) in [6, 6.07) is 16.3. The second-order valence-electron chi connectivity index (χ2n) is 7.86. The molecule has 0 aromatic heterocycles. The van der Waals surface area contributed by atoms with E-state index in [0.29, 0.717) is 13.0 Å². The zero-order valence-corrected chi connectivity index (χ0v) is 17.6. The van der Waals surface area contributed by atoms with Crippen molar-refractivity contribution in [2.75, 3.05) is 43.5 Å². The van der Waals surface area contributed by atoms with Crippen LogP contribution in [-0.2, 0) is 11.2 Å². The van der Waals surface area contributed by atoms with Crippen molar-refractivity contribution >= 4 is 17.3 Å². The van der Waals surface area contributed by atoms with E-state index in [1.807, 2.05) is 24.3 Å². The fourth-order valence-corrected chi connectivity index (χ4v) is 3.60. The van der Waals surface area contributed by atoms with E-state index in [1.165, 1.54) is 24.1 Å². The van der Waals surface area contributed by atoms with Crippen LogP contribution in [0.15, 0.2) is 48.5 Å². The van der Waals surface area contributed by atoms with Crippen LogP contribution in [0.5, 0.6) is 5.75 Å². The molecule has 0 unspecified atom stereocenters.